The lowest BCUT2D eigenvalue weighted by atomic mass is 10.1. The lowest BCUT2D eigenvalue weighted by Crippen LogP contribution is -2.14. The predicted octanol–water partition coefficient (Wildman–Crippen LogP) is 5.05. The minimum Gasteiger partial charge on any atom is -0.493 e. The largest absolute Gasteiger partial charge is 0.493 e. The standard InChI is InChI=1S/C28H27N5O3/c1-18-22(19(2)33-28(30-18)23-8-4-5-9-24(23)32-33)11-13-27(34)31-21-10-12-25(35-3)26(15-21)36-17-20-7-6-14-29-16-20/h4-10,12,14-16H,11,13,17H2,1-3H3,(H,31,34). The fourth-order valence-corrected chi connectivity index (χ4v) is 4.31. The van der Waals surface area contributed by atoms with Gasteiger partial charge in [0.05, 0.1) is 12.6 Å². The van der Waals surface area contributed by atoms with E-state index in [0.717, 1.165) is 39.1 Å². The third kappa shape index (κ3) is 4.70. The molecule has 8 heteroatoms. The summed E-state index contributed by atoms with van der Waals surface area (Å²) < 4.78 is 13.2. The normalized spacial score (nSPS) is 11.1. The molecule has 0 radical (unpaired) electrons. The topological polar surface area (TPSA) is 90.6 Å². The average Bonchev–Trinajstić information content (AvgIpc) is 3.27. The van der Waals surface area contributed by atoms with Gasteiger partial charge in [0.25, 0.3) is 0 Å². The molecule has 3 aromatic heterocycles. The van der Waals surface area contributed by atoms with E-state index in [1.807, 2.05) is 54.8 Å². The number of hydrogen-bond acceptors (Lipinski definition) is 6. The monoisotopic (exact) mass is 481 g/mol. The molecule has 8 nitrogen and oxygen atoms in total. The minimum absolute atomic E-state index is 0.0945. The van der Waals surface area contributed by atoms with Gasteiger partial charge >= 0.3 is 0 Å². The quantitative estimate of drug-likeness (QED) is 0.333. The van der Waals surface area contributed by atoms with Crippen molar-refractivity contribution in [2.45, 2.75) is 33.3 Å². The molecule has 0 unspecified atom stereocenters. The second-order valence-corrected chi connectivity index (χ2v) is 8.58. The highest BCUT2D eigenvalue weighted by molar-refractivity contribution is 5.92. The number of carbonyl (C=O) groups is 1. The number of nitrogens with zero attached hydrogens (tertiary/aromatic N) is 4. The Morgan fingerprint density at radius 2 is 1.92 bits per heavy atom. The predicted molar refractivity (Wildman–Crippen MR) is 138 cm³/mol. The summed E-state index contributed by atoms with van der Waals surface area (Å²) in [7, 11) is 1.59. The van der Waals surface area contributed by atoms with Crippen LogP contribution < -0.4 is 14.8 Å². The van der Waals surface area contributed by atoms with Gasteiger partial charge in [-0.2, -0.15) is 5.10 Å². The van der Waals surface area contributed by atoms with Gasteiger partial charge in [-0.25, -0.2) is 9.50 Å². The first-order chi connectivity index (χ1) is 17.5. The van der Waals surface area contributed by atoms with Crippen molar-refractivity contribution in [2.24, 2.45) is 0 Å². The zero-order chi connectivity index (χ0) is 25.1. The summed E-state index contributed by atoms with van der Waals surface area (Å²) in [6, 6.07) is 17.1. The number of rotatable bonds is 8. The number of ether oxygens (including phenoxy) is 2. The van der Waals surface area contributed by atoms with E-state index in [1.54, 1.807) is 37.7 Å². The highest BCUT2D eigenvalue weighted by Crippen LogP contribution is 2.31. The number of aromatic nitrogens is 4. The zero-order valence-electron chi connectivity index (χ0n) is 20.5. The Bertz CT molecular complexity index is 1550. The number of carbonyl (C=O) groups excluding carboxylic acids is 1. The first-order valence-corrected chi connectivity index (χ1v) is 11.8. The fraction of sp³-hybridized carbons (Fsp3) is 0.214. The first-order valence-electron chi connectivity index (χ1n) is 11.8. The molecule has 2 aromatic carbocycles. The second kappa shape index (κ2) is 10.0. The highest BCUT2D eigenvalue weighted by Gasteiger charge is 2.15. The van der Waals surface area contributed by atoms with Crippen LogP contribution >= 0.6 is 0 Å². The summed E-state index contributed by atoms with van der Waals surface area (Å²) in [6.45, 7) is 4.35. The van der Waals surface area contributed by atoms with E-state index in [4.69, 9.17) is 19.6 Å². The maximum Gasteiger partial charge on any atom is 0.224 e. The van der Waals surface area contributed by atoms with Crippen molar-refractivity contribution in [3.8, 4) is 11.5 Å². The van der Waals surface area contributed by atoms with Crippen molar-refractivity contribution in [1.82, 2.24) is 19.6 Å². The molecule has 5 aromatic rings. The van der Waals surface area contributed by atoms with Crippen molar-refractivity contribution in [3.05, 3.63) is 89.5 Å². The summed E-state index contributed by atoms with van der Waals surface area (Å²) in [4.78, 5) is 21.7. The molecular weight excluding hydrogens is 454 g/mol. The molecule has 3 heterocycles. The molecular formula is C28H27N5O3. The van der Waals surface area contributed by atoms with Gasteiger partial charge in [-0.15, -0.1) is 0 Å². The second-order valence-electron chi connectivity index (χ2n) is 8.58. The van der Waals surface area contributed by atoms with Gasteiger partial charge in [0.15, 0.2) is 17.1 Å². The fourth-order valence-electron chi connectivity index (χ4n) is 4.31. The molecule has 1 amide bonds. The molecule has 182 valence electrons. The molecule has 0 saturated heterocycles. The SMILES string of the molecule is COc1ccc(NC(=O)CCc2c(C)nc3c4ccccc4nn3c2C)cc1OCc1cccnc1. The molecule has 1 N–H and O–H groups in total. The Morgan fingerprint density at radius 3 is 2.72 bits per heavy atom. The molecule has 36 heavy (non-hydrogen) atoms. The number of pyridine rings is 1. The Balaban J connectivity index is 1.28. The Hall–Kier alpha value is -4.46. The molecule has 0 bridgehead atoms. The molecule has 5 rings (SSSR count). The molecule has 0 fully saturated rings. The lowest BCUT2D eigenvalue weighted by Gasteiger charge is -2.14. The number of benzene rings is 2. The number of fused-ring (bicyclic) bond motifs is 3. The van der Waals surface area contributed by atoms with Crippen molar-refractivity contribution >= 4 is 28.1 Å². The third-order valence-electron chi connectivity index (χ3n) is 6.18. The van der Waals surface area contributed by atoms with E-state index in [0.29, 0.717) is 36.6 Å². The van der Waals surface area contributed by atoms with Crippen molar-refractivity contribution in [1.29, 1.82) is 0 Å². The Morgan fingerprint density at radius 1 is 1.06 bits per heavy atom. The van der Waals surface area contributed by atoms with Crippen LogP contribution in [0.2, 0.25) is 0 Å². The van der Waals surface area contributed by atoms with Gasteiger partial charge in [0, 0.05) is 52.9 Å². The number of aryl methyl sites for hydroxylation is 2. The van der Waals surface area contributed by atoms with Gasteiger partial charge in [0.1, 0.15) is 6.61 Å². The van der Waals surface area contributed by atoms with Crippen LogP contribution in [0.4, 0.5) is 5.69 Å². The van der Waals surface area contributed by atoms with Gasteiger partial charge in [-0.3, -0.25) is 9.78 Å². The zero-order valence-corrected chi connectivity index (χ0v) is 20.5. The molecule has 0 aliphatic heterocycles. The van der Waals surface area contributed by atoms with E-state index in [-0.39, 0.29) is 5.91 Å². The summed E-state index contributed by atoms with van der Waals surface area (Å²) in [5, 5.41) is 8.69. The minimum atomic E-state index is -0.0945. The van der Waals surface area contributed by atoms with E-state index in [9.17, 15) is 4.79 Å². The van der Waals surface area contributed by atoms with E-state index in [1.165, 1.54) is 0 Å². The van der Waals surface area contributed by atoms with Gasteiger partial charge < -0.3 is 14.8 Å². The molecule has 0 saturated carbocycles. The van der Waals surface area contributed by atoms with E-state index in [2.05, 4.69) is 10.3 Å². The van der Waals surface area contributed by atoms with Crippen molar-refractivity contribution < 1.29 is 14.3 Å². The van der Waals surface area contributed by atoms with E-state index >= 15 is 0 Å². The number of methoxy groups -OCH3 is 1. The Kier molecular flexibility index (Phi) is 6.49. The number of anilines is 1. The van der Waals surface area contributed by atoms with Crippen LogP contribution in [-0.2, 0) is 17.8 Å². The van der Waals surface area contributed by atoms with Crippen molar-refractivity contribution in [3.63, 3.8) is 0 Å². The van der Waals surface area contributed by atoms with E-state index < -0.39 is 0 Å². The number of amides is 1. The van der Waals surface area contributed by atoms with Crippen LogP contribution in [0.5, 0.6) is 11.5 Å². The van der Waals surface area contributed by atoms with Crippen LogP contribution in [0.25, 0.3) is 16.6 Å². The first kappa shape index (κ1) is 23.3. The lowest BCUT2D eigenvalue weighted by molar-refractivity contribution is -0.116. The molecule has 0 atom stereocenters. The summed E-state index contributed by atoms with van der Waals surface area (Å²) >= 11 is 0. The van der Waals surface area contributed by atoms with Crippen LogP contribution in [0, 0.1) is 13.8 Å². The van der Waals surface area contributed by atoms with Crippen LogP contribution in [-0.4, -0.2) is 32.6 Å². The maximum absolute atomic E-state index is 12.8. The van der Waals surface area contributed by atoms with Crippen molar-refractivity contribution in [2.75, 3.05) is 12.4 Å². The summed E-state index contributed by atoms with van der Waals surface area (Å²) in [6.07, 6.45) is 4.34. The molecule has 0 aliphatic rings. The van der Waals surface area contributed by atoms with Crippen LogP contribution in [0.3, 0.4) is 0 Å². The van der Waals surface area contributed by atoms with Crippen LogP contribution in [0.1, 0.15) is 28.9 Å². The number of nitrogens with one attached hydrogen (secondary N) is 1. The highest BCUT2D eigenvalue weighted by atomic mass is 16.5. The Labute approximate surface area is 208 Å². The average molecular weight is 482 g/mol. The van der Waals surface area contributed by atoms with Gasteiger partial charge in [-0.05, 0) is 56.2 Å². The number of hydrogen-bond donors (Lipinski definition) is 1. The molecule has 0 aliphatic carbocycles. The molecule has 0 spiro atoms. The smallest absolute Gasteiger partial charge is 0.224 e. The van der Waals surface area contributed by atoms with Gasteiger partial charge in [-0.1, -0.05) is 18.2 Å². The summed E-state index contributed by atoms with van der Waals surface area (Å²) in [5.41, 5.74) is 6.26. The summed E-state index contributed by atoms with van der Waals surface area (Å²) in [5.74, 6) is 1.04. The van der Waals surface area contributed by atoms with Gasteiger partial charge in [0.2, 0.25) is 5.91 Å². The van der Waals surface area contributed by atoms with Crippen LogP contribution in [0.15, 0.2) is 67.0 Å². The maximum atomic E-state index is 12.8. The third-order valence-corrected chi connectivity index (χ3v) is 6.18.